The van der Waals surface area contributed by atoms with Crippen molar-refractivity contribution >= 4 is 28.8 Å². The largest absolute Gasteiger partial charge is 0.326 e. The summed E-state index contributed by atoms with van der Waals surface area (Å²) in [7, 11) is 2.15. The summed E-state index contributed by atoms with van der Waals surface area (Å²) >= 11 is 6.07. The van der Waals surface area contributed by atoms with E-state index in [4.69, 9.17) is 11.6 Å². The Morgan fingerprint density at radius 2 is 1.93 bits per heavy atom. The zero-order valence-electron chi connectivity index (χ0n) is 15.6. The molecular weight excluding hydrogens is 356 g/mol. The summed E-state index contributed by atoms with van der Waals surface area (Å²) in [5.74, 6) is 0.406. The number of benzene rings is 2. The second-order valence-corrected chi connectivity index (χ2v) is 8.07. The zero-order chi connectivity index (χ0) is 18.8. The molecule has 0 bridgehead atoms. The van der Waals surface area contributed by atoms with Crippen molar-refractivity contribution in [3.63, 3.8) is 0 Å². The van der Waals surface area contributed by atoms with Gasteiger partial charge in [0.25, 0.3) is 0 Å². The molecule has 1 saturated heterocycles. The predicted octanol–water partition coefficient (Wildman–Crippen LogP) is 5.09. The number of rotatable bonds is 3. The van der Waals surface area contributed by atoms with Gasteiger partial charge in [-0.15, -0.1) is 0 Å². The average Bonchev–Trinajstić information content (AvgIpc) is 2.67. The number of fused-ring (bicyclic) bond motifs is 1. The lowest BCUT2D eigenvalue weighted by atomic mass is 9.70. The van der Waals surface area contributed by atoms with Gasteiger partial charge in [0.1, 0.15) is 0 Å². The summed E-state index contributed by atoms with van der Waals surface area (Å²) in [4.78, 5) is 15.4. The molecule has 1 aliphatic carbocycles. The second-order valence-electron chi connectivity index (χ2n) is 7.63. The maximum absolute atomic E-state index is 13.1. The van der Waals surface area contributed by atoms with Crippen molar-refractivity contribution in [1.29, 1.82) is 0 Å². The highest BCUT2D eigenvalue weighted by Gasteiger charge is 2.38. The Hall–Kier alpha value is -2.10. The molecule has 0 spiro atoms. The van der Waals surface area contributed by atoms with Crippen LogP contribution in [-0.4, -0.2) is 30.9 Å². The first kappa shape index (κ1) is 18.3. The van der Waals surface area contributed by atoms with Crippen molar-refractivity contribution in [3.05, 3.63) is 70.8 Å². The Bertz CT molecular complexity index is 862. The molecule has 4 heteroatoms. The first-order chi connectivity index (χ1) is 13.1. The molecule has 2 unspecified atom stereocenters. The second kappa shape index (κ2) is 7.87. The van der Waals surface area contributed by atoms with E-state index in [1.165, 1.54) is 16.7 Å². The fourth-order valence-corrected chi connectivity index (χ4v) is 4.71. The molecule has 2 atom stereocenters. The number of hydrogen-bond donors (Lipinski definition) is 1. The van der Waals surface area contributed by atoms with Gasteiger partial charge in [-0.1, -0.05) is 53.6 Å². The van der Waals surface area contributed by atoms with Crippen molar-refractivity contribution in [2.24, 2.45) is 11.8 Å². The molecule has 4 rings (SSSR count). The average molecular weight is 381 g/mol. The third-order valence-electron chi connectivity index (χ3n) is 5.85. The molecule has 27 heavy (non-hydrogen) atoms. The summed E-state index contributed by atoms with van der Waals surface area (Å²) in [5.41, 5.74) is 5.03. The molecule has 1 N–H and O–H groups in total. The maximum Gasteiger partial charge on any atom is 0.228 e. The third-order valence-corrected chi connectivity index (χ3v) is 6.08. The number of halogens is 1. The summed E-state index contributed by atoms with van der Waals surface area (Å²) < 4.78 is 0. The lowest BCUT2D eigenvalue weighted by molar-refractivity contribution is -0.121. The van der Waals surface area contributed by atoms with Gasteiger partial charge in [0.05, 0.1) is 0 Å². The van der Waals surface area contributed by atoms with Crippen LogP contribution in [-0.2, 0) is 4.79 Å². The van der Waals surface area contributed by atoms with Gasteiger partial charge in [0.2, 0.25) is 5.91 Å². The van der Waals surface area contributed by atoms with E-state index in [0.29, 0.717) is 5.02 Å². The number of carbonyl (C=O) groups excluding carboxylic acids is 1. The van der Waals surface area contributed by atoms with Crippen LogP contribution >= 0.6 is 11.6 Å². The Morgan fingerprint density at radius 3 is 2.70 bits per heavy atom. The van der Waals surface area contributed by atoms with E-state index < -0.39 is 0 Å². The fraction of sp³-hybridized carbons (Fsp3) is 0.348. The topological polar surface area (TPSA) is 32.3 Å². The van der Waals surface area contributed by atoms with E-state index in [1.54, 1.807) is 6.07 Å². The smallest absolute Gasteiger partial charge is 0.228 e. The Balaban J connectivity index is 1.61. The number of allylic oxidation sites excluding steroid dienone is 1. The standard InChI is InChI=1S/C23H25ClN2O/c1-26-13-12-20-19(16-6-3-2-4-7-16)10-11-21(22(20)15-26)23(27)25-18-9-5-8-17(24)14-18/h2-9,14,21-22H,10-13,15H2,1H3,(H,25,27). The monoisotopic (exact) mass is 380 g/mol. The van der Waals surface area contributed by atoms with E-state index in [-0.39, 0.29) is 17.7 Å². The van der Waals surface area contributed by atoms with E-state index in [2.05, 4.69) is 47.6 Å². The Kier molecular flexibility index (Phi) is 5.33. The van der Waals surface area contributed by atoms with Gasteiger partial charge in [-0.25, -0.2) is 0 Å². The van der Waals surface area contributed by atoms with E-state index in [1.807, 2.05) is 18.2 Å². The van der Waals surface area contributed by atoms with Crippen molar-refractivity contribution in [3.8, 4) is 0 Å². The quantitative estimate of drug-likeness (QED) is 0.803. The minimum Gasteiger partial charge on any atom is -0.326 e. The molecule has 0 radical (unpaired) electrons. The zero-order valence-corrected chi connectivity index (χ0v) is 16.4. The molecule has 2 aromatic rings. The molecule has 2 aromatic carbocycles. The fourth-order valence-electron chi connectivity index (χ4n) is 4.52. The molecule has 0 saturated carbocycles. The number of piperidine rings is 1. The van der Waals surface area contributed by atoms with Crippen LogP contribution in [0.5, 0.6) is 0 Å². The van der Waals surface area contributed by atoms with Gasteiger partial charge in [-0.05, 0) is 55.6 Å². The molecule has 3 nitrogen and oxygen atoms in total. The number of amides is 1. The van der Waals surface area contributed by atoms with Crippen LogP contribution in [0.1, 0.15) is 24.8 Å². The number of nitrogens with zero attached hydrogens (tertiary/aromatic N) is 1. The molecule has 1 aliphatic heterocycles. The van der Waals surface area contributed by atoms with Crippen molar-refractivity contribution in [2.75, 3.05) is 25.5 Å². The normalized spacial score (nSPS) is 23.0. The SMILES string of the molecule is CN1CCC2=C(c3ccccc3)CCC(C(=O)Nc3cccc(Cl)c3)C2C1. The van der Waals surface area contributed by atoms with Crippen LogP contribution in [0, 0.1) is 11.8 Å². The highest BCUT2D eigenvalue weighted by atomic mass is 35.5. The van der Waals surface area contributed by atoms with Gasteiger partial charge >= 0.3 is 0 Å². The lowest BCUT2D eigenvalue weighted by Crippen LogP contribution is -2.43. The number of hydrogen-bond acceptors (Lipinski definition) is 2. The minimum absolute atomic E-state index is 0.00851. The minimum atomic E-state index is 0.00851. The summed E-state index contributed by atoms with van der Waals surface area (Å²) in [5, 5.41) is 3.73. The third kappa shape index (κ3) is 3.95. The van der Waals surface area contributed by atoms with E-state index in [0.717, 1.165) is 38.0 Å². The summed E-state index contributed by atoms with van der Waals surface area (Å²) in [6.07, 6.45) is 2.90. The predicted molar refractivity (Wildman–Crippen MR) is 112 cm³/mol. The molecule has 1 amide bonds. The molecule has 1 heterocycles. The highest BCUT2D eigenvalue weighted by molar-refractivity contribution is 6.30. The summed E-state index contributed by atoms with van der Waals surface area (Å²) in [6.45, 7) is 2.00. The molecule has 2 aliphatic rings. The number of likely N-dealkylation sites (tertiary alicyclic amines) is 1. The van der Waals surface area contributed by atoms with E-state index in [9.17, 15) is 4.79 Å². The van der Waals surface area contributed by atoms with Gasteiger partial charge in [-0.3, -0.25) is 4.79 Å². The number of anilines is 1. The van der Waals surface area contributed by atoms with Crippen molar-refractivity contribution in [2.45, 2.75) is 19.3 Å². The molecule has 1 fully saturated rings. The van der Waals surface area contributed by atoms with Crippen LogP contribution < -0.4 is 5.32 Å². The maximum atomic E-state index is 13.1. The summed E-state index contributed by atoms with van der Waals surface area (Å²) in [6, 6.07) is 18.1. The van der Waals surface area contributed by atoms with Gasteiger partial charge in [-0.2, -0.15) is 0 Å². The number of carbonyl (C=O) groups is 1. The Labute approximate surface area is 166 Å². The highest BCUT2D eigenvalue weighted by Crippen LogP contribution is 2.43. The lowest BCUT2D eigenvalue weighted by Gasteiger charge is -2.41. The molecule has 140 valence electrons. The Morgan fingerprint density at radius 1 is 1.11 bits per heavy atom. The molecular formula is C23H25ClN2O. The number of nitrogens with one attached hydrogen (secondary N) is 1. The first-order valence-electron chi connectivity index (χ1n) is 9.64. The van der Waals surface area contributed by atoms with Crippen LogP contribution in [0.25, 0.3) is 5.57 Å². The van der Waals surface area contributed by atoms with Gasteiger partial charge in [0.15, 0.2) is 0 Å². The first-order valence-corrected chi connectivity index (χ1v) is 10.0. The van der Waals surface area contributed by atoms with E-state index >= 15 is 0 Å². The van der Waals surface area contributed by atoms with Crippen molar-refractivity contribution in [1.82, 2.24) is 4.90 Å². The van der Waals surface area contributed by atoms with Crippen LogP contribution in [0.3, 0.4) is 0 Å². The molecule has 0 aromatic heterocycles. The van der Waals surface area contributed by atoms with Crippen LogP contribution in [0.15, 0.2) is 60.2 Å². The van der Waals surface area contributed by atoms with Crippen LogP contribution in [0.4, 0.5) is 5.69 Å². The van der Waals surface area contributed by atoms with Crippen molar-refractivity contribution < 1.29 is 4.79 Å². The van der Waals surface area contributed by atoms with Gasteiger partial charge < -0.3 is 10.2 Å². The van der Waals surface area contributed by atoms with Gasteiger partial charge in [0, 0.05) is 35.6 Å². The van der Waals surface area contributed by atoms with Crippen LogP contribution in [0.2, 0.25) is 5.02 Å².